The molecule has 1 saturated carbocycles. The Morgan fingerprint density at radius 2 is 2.00 bits per heavy atom. The summed E-state index contributed by atoms with van der Waals surface area (Å²) in [5.41, 5.74) is 0.159. The van der Waals surface area contributed by atoms with Gasteiger partial charge in [-0.05, 0) is 43.7 Å². The number of hydrogen-bond donors (Lipinski definition) is 1. The van der Waals surface area contributed by atoms with Crippen LogP contribution in [-0.4, -0.2) is 11.0 Å². The molecule has 4 nitrogen and oxygen atoms in total. The fraction of sp³-hybridized carbons (Fsp3) is 0.538. The molecular weight excluding hydrogens is 235 g/mol. The highest BCUT2D eigenvalue weighted by Crippen LogP contribution is 2.28. The first-order valence-electron chi connectivity index (χ1n) is 6.26. The van der Waals surface area contributed by atoms with Crippen LogP contribution in [0, 0.1) is 21.8 Å². The van der Waals surface area contributed by atoms with E-state index in [0.29, 0.717) is 11.7 Å². The van der Waals surface area contributed by atoms with Crippen molar-refractivity contribution in [3.8, 4) is 0 Å². The zero-order chi connectivity index (χ0) is 13.1. The molecule has 5 heteroatoms. The molecule has 0 amide bonds. The van der Waals surface area contributed by atoms with Crippen LogP contribution in [0.1, 0.15) is 32.6 Å². The molecule has 1 aliphatic carbocycles. The Labute approximate surface area is 105 Å². The van der Waals surface area contributed by atoms with Crippen LogP contribution in [0.3, 0.4) is 0 Å². The Hall–Kier alpha value is -1.65. The van der Waals surface area contributed by atoms with E-state index in [1.165, 1.54) is 18.9 Å². The number of halogens is 1. The number of nitrogens with zero attached hydrogens (tertiary/aromatic N) is 1. The summed E-state index contributed by atoms with van der Waals surface area (Å²) < 4.78 is 13.2. The van der Waals surface area contributed by atoms with Crippen LogP contribution < -0.4 is 5.32 Å². The van der Waals surface area contributed by atoms with E-state index in [1.54, 1.807) is 6.07 Å². The third-order valence-corrected chi connectivity index (χ3v) is 3.53. The monoisotopic (exact) mass is 252 g/mol. The average molecular weight is 252 g/mol. The third-order valence-electron chi connectivity index (χ3n) is 3.53. The predicted octanol–water partition coefficient (Wildman–Crippen LogP) is 3.72. The lowest BCUT2D eigenvalue weighted by Gasteiger charge is -2.27. The van der Waals surface area contributed by atoms with Crippen molar-refractivity contribution in [1.82, 2.24) is 0 Å². The van der Waals surface area contributed by atoms with Crippen LogP contribution in [0.15, 0.2) is 18.2 Å². The van der Waals surface area contributed by atoms with Gasteiger partial charge in [0.05, 0.1) is 4.92 Å². The van der Waals surface area contributed by atoms with Gasteiger partial charge in [0.1, 0.15) is 0 Å². The van der Waals surface area contributed by atoms with E-state index in [4.69, 9.17) is 0 Å². The summed E-state index contributed by atoms with van der Waals surface area (Å²) in [5.74, 6) is -0.0339. The highest BCUT2D eigenvalue weighted by Gasteiger charge is 2.19. The van der Waals surface area contributed by atoms with Crippen molar-refractivity contribution in [3.63, 3.8) is 0 Å². The van der Waals surface area contributed by atoms with E-state index in [0.717, 1.165) is 24.8 Å². The van der Waals surface area contributed by atoms with Gasteiger partial charge in [0.25, 0.3) is 0 Å². The van der Waals surface area contributed by atoms with Gasteiger partial charge in [-0.15, -0.1) is 0 Å². The maximum absolute atomic E-state index is 13.2. The second kappa shape index (κ2) is 5.33. The minimum absolute atomic E-state index is 0.339. The summed E-state index contributed by atoms with van der Waals surface area (Å²) in [6.07, 6.45) is 4.46. The van der Waals surface area contributed by atoms with Crippen molar-refractivity contribution in [2.75, 3.05) is 5.32 Å². The Kier molecular flexibility index (Phi) is 3.79. The first-order valence-corrected chi connectivity index (χ1v) is 6.26. The third kappa shape index (κ3) is 2.97. The molecule has 18 heavy (non-hydrogen) atoms. The van der Waals surface area contributed by atoms with Crippen molar-refractivity contribution in [3.05, 3.63) is 34.1 Å². The van der Waals surface area contributed by atoms with Gasteiger partial charge in [0.2, 0.25) is 5.82 Å². The van der Waals surface area contributed by atoms with E-state index in [1.807, 2.05) is 0 Å². The lowest BCUT2D eigenvalue weighted by molar-refractivity contribution is -0.387. The minimum Gasteiger partial charge on any atom is -0.382 e. The molecule has 0 heterocycles. The standard InChI is InChI=1S/C13H17FN2O2/c1-9-2-4-10(5-3-9)15-11-6-7-12(14)13(8-11)16(17)18/h6-10,15H,2-5H2,1H3. The number of rotatable bonds is 3. The number of benzene rings is 1. The summed E-state index contributed by atoms with van der Waals surface area (Å²) in [5, 5.41) is 13.9. The first-order chi connectivity index (χ1) is 8.56. The molecule has 0 bridgehead atoms. The number of anilines is 1. The van der Waals surface area contributed by atoms with E-state index >= 15 is 0 Å². The lowest BCUT2D eigenvalue weighted by atomic mass is 9.87. The molecule has 1 aromatic rings. The van der Waals surface area contributed by atoms with Crippen LogP contribution >= 0.6 is 0 Å². The molecule has 98 valence electrons. The summed E-state index contributed by atoms with van der Waals surface area (Å²) in [4.78, 5) is 9.96. The van der Waals surface area contributed by atoms with Crippen LogP contribution in [0.4, 0.5) is 15.8 Å². The van der Waals surface area contributed by atoms with E-state index in [-0.39, 0.29) is 0 Å². The second-order valence-electron chi connectivity index (χ2n) is 5.02. The number of nitro benzene ring substituents is 1. The van der Waals surface area contributed by atoms with Gasteiger partial charge < -0.3 is 5.32 Å². The number of nitro groups is 1. The van der Waals surface area contributed by atoms with Crippen LogP contribution in [-0.2, 0) is 0 Å². The highest BCUT2D eigenvalue weighted by molar-refractivity contribution is 5.52. The Morgan fingerprint density at radius 1 is 1.33 bits per heavy atom. The fourth-order valence-electron chi connectivity index (χ4n) is 2.38. The Morgan fingerprint density at radius 3 is 2.61 bits per heavy atom. The van der Waals surface area contributed by atoms with E-state index in [9.17, 15) is 14.5 Å². The molecule has 0 spiro atoms. The molecule has 1 aliphatic rings. The summed E-state index contributed by atoms with van der Waals surface area (Å²) in [6.45, 7) is 2.24. The zero-order valence-electron chi connectivity index (χ0n) is 10.4. The van der Waals surface area contributed by atoms with Gasteiger partial charge in [-0.1, -0.05) is 6.92 Å². The van der Waals surface area contributed by atoms with Crippen molar-refractivity contribution < 1.29 is 9.31 Å². The zero-order valence-corrected chi connectivity index (χ0v) is 10.4. The van der Waals surface area contributed by atoms with Crippen LogP contribution in [0.2, 0.25) is 0 Å². The largest absolute Gasteiger partial charge is 0.382 e. The normalized spacial score (nSPS) is 23.7. The number of nitrogens with one attached hydrogen (secondary N) is 1. The Balaban J connectivity index is 2.05. The van der Waals surface area contributed by atoms with Crippen molar-refractivity contribution in [2.24, 2.45) is 5.92 Å². The molecule has 0 aliphatic heterocycles. The second-order valence-corrected chi connectivity index (χ2v) is 5.02. The minimum atomic E-state index is -0.789. The molecule has 1 fully saturated rings. The summed E-state index contributed by atoms with van der Waals surface area (Å²) >= 11 is 0. The molecule has 0 unspecified atom stereocenters. The highest BCUT2D eigenvalue weighted by atomic mass is 19.1. The molecule has 0 saturated heterocycles. The van der Waals surface area contributed by atoms with Crippen molar-refractivity contribution in [2.45, 2.75) is 38.6 Å². The SMILES string of the molecule is CC1CCC(Nc2ccc(F)c([N+](=O)[O-])c2)CC1. The average Bonchev–Trinajstić information content (AvgIpc) is 2.34. The van der Waals surface area contributed by atoms with Crippen LogP contribution in [0.5, 0.6) is 0 Å². The van der Waals surface area contributed by atoms with Gasteiger partial charge in [-0.25, -0.2) is 0 Å². The summed E-state index contributed by atoms with van der Waals surface area (Å²) in [7, 11) is 0. The van der Waals surface area contributed by atoms with Gasteiger partial charge in [0, 0.05) is 17.8 Å². The molecule has 0 radical (unpaired) electrons. The topological polar surface area (TPSA) is 55.2 Å². The number of hydrogen-bond acceptors (Lipinski definition) is 3. The van der Waals surface area contributed by atoms with Gasteiger partial charge >= 0.3 is 5.69 Å². The Bertz CT molecular complexity index is 443. The van der Waals surface area contributed by atoms with Crippen molar-refractivity contribution in [1.29, 1.82) is 0 Å². The predicted molar refractivity (Wildman–Crippen MR) is 68.1 cm³/mol. The molecule has 1 N–H and O–H groups in total. The molecular formula is C13H17FN2O2. The smallest absolute Gasteiger partial charge is 0.306 e. The van der Waals surface area contributed by atoms with Gasteiger partial charge in [-0.2, -0.15) is 4.39 Å². The maximum Gasteiger partial charge on any atom is 0.306 e. The molecule has 0 aromatic heterocycles. The molecule has 1 aromatic carbocycles. The first kappa shape index (κ1) is 12.8. The van der Waals surface area contributed by atoms with Crippen molar-refractivity contribution >= 4 is 11.4 Å². The van der Waals surface area contributed by atoms with Gasteiger partial charge in [-0.3, -0.25) is 10.1 Å². The van der Waals surface area contributed by atoms with E-state index in [2.05, 4.69) is 12.2 Å². The van der Waals surface area contributed by atoms with E-state index < -0.39 is 16.4 Å². The maximum atomic E-state index is 13.2. The fourth-order valence-corrected chi connectivity index (χ4v) is 2.38. The summed E-state index contributed by atoms with van der Waals surface area (Å²) in [6, 6.07) is 4.31. The molecule has 2 rings (SSSR count). The molecule has 0 atom stereocenters. The lowest BCUT2D eigenvalue weighted by Crippen LogP contribution is -2.25. The van der Waals surface area contributed by atoms with Crippen LogP contribution in [0.25, 0.3) is 0 Å². The quantitative estimate of drug-likeness (QED) is 0.658. The van der Waals surface area contributed by atoms with Gasteiger partial charge in [0.15, 0.2) is 0 Å².